The summed E-state index contributed by atoms with van der Waals surface area (Å²) < 4.78 is 0. The fraction of sp³-hybridized carbons (Fsp3) is 0.571. The summed E-state index contributed by atoms with van der Waals surface area (Å²) in [4.78, 5) is 12.6. The third-order valence-electron chi connectivity index (χ3n) is 1.63. The van der Waals surface area contributed by atoms with Crippen molar-refractivity contribution in [3.8, 4) is 12.3 Å². The summed E-state index contributed by atoms with van der Waals surface area (Å²) >= 11 is 0. The van der Waals surface area contributed by atoms with E-state index in [2.05, 4.69) is 5.92 Å². The van der Waals surface area contributed by atoms with Gasteiger partial charge in [-0.1, -0.05) is 5.92 Å². The number of hydrogen-bond acceptors (Lipinski definition) is 1. The van der Waals surface area contributed by atoms with Crippen molar-refractivity contribution >= 4 is 5.91 Å². The largest absolute Gasteiger partial charge is 0.345 e. The summed E-state index contributed by atoms with van der Waals surface area (Å²) in [5, 5.41) is 0. The molecular weight excluding hydrogens is 114 g/mol. The second-order valence-electron chi connectivity index (χ2n) is 2.27. The molecule has 48 valence electrons. The van der Waals surface area contributed by atoms with Crippen molar-refractivity contribution in [2.75, 3.05) is 13.6 Å². The molecule has 0 radical (unpaired) electrons. The van der Waals surface area contributed by atoms with E-state index in [4.69, 9.17) is 6.42 Å². The van der Waals surface area contributed by atoms with Gasteiger partial charge >= 0.3 is 0 Å². The van der Waals surface area contributed by atoms with E-state index in [1.54, 1.807) is 11.9 Å². The molecule has 1 amide bonds. The maximum absolute atomic E-state index is 10.9. The van der Waals surface area contributed by atoms with Crippen LogP contribution in [0.2, 0.25) is 0 Å². The van der Waals surface area contributed by atoms with Gasteiger partial charge in [0.05, 0.1) is 0 Å². The zero-order valence-corrected chi connectivity index (χ0v) is 5.42. The third kappa shape index (κ3) is 0.904. The highest BCUT2D eigenvalue weighted by Crippen LogP contribution is 2.13. The average molecular weight is 123 g/mol. The number of likely N-dealkylation sites (tertiary alicyclic amines) is 1. The molecule has 1 aliphatic rings. The van der Waals surface area contributed by atoms with Crippen LogP contribution in [0, 0.1) is 18.3 Å². The van der Waals surface area contributed by atoms with Crippen molar-refractivity contribution in [3.05, 3.63) is 0 Å². The SMILES string of the molecule is C#C[C@@H]1CCN(C)C1=O. The van der Waals surface area contributed by atoms with Gasteiger partial charge in [0.2, 0.25) is 5.91 Å². The Kier molecular flexibility index (Phi) is 1.44. The van der Waals surface area contributed by atoms with Crippen molar-refractivity contribution in [2.45, 2.75) is 6.42 Å². The maximum Gasteiger partial charge on any atom is 0.237 e. The lowest BCUT2D eigenvalue weighted by Crippen LogP contribution is -2.21. The standard InChI is InChI=1S/C7H9NO/c1-3-6-4-5-8(2)7(6)9/h1,6H,4-5H2,2H3/t6-/m1/s1. The predicted molar refractivity (Wildman–Crippen MR) is 34.6 cm³/mol. The Morgan fingerprint density at radius 3 is 2.78 bits per heavy atom. The van der Waals surface area contributed by atoms with Crippen LogP contribution in [0.4, 0.5) is 0 Å². The zero-order valence-electron chi connectivity index (χ0n) is 5.42. The first-order valence-electron chi connectivity index (χ1n) is 2.97. The van der Waals surface area contributed by atoms with Crippen molar-refractivity contribution < 1.29 is 4.79 Å². The lowest BCUT2D eigenvalue weighted by atomic mass is 10.1. The first kappa shape index (κ1) is 6.15. The molecule has 0 aliphatic carbocycles. The highest BCUT2D eigenvalue weighted by molar-refractivity contribution is 5.83. The van der Waals surface area contributed by atoms with Gasteiger partial charge in [-0.2, -0.15) is 0 Å². The summed E-state index contributed by atoms with van der Waals surface area (Å²) in [6.07, 6.45) is 5.91. The molecule has 1 fully saturated rings. The van der Waals surface area contributed by atoms with Gasteiger partial charge in [-0.15, -0.1) is 6.42 Å². The summed E-state index contributed by atoms with van der Waals surface area (Å²) in [5.74, 6) is 2.40. The number of hydrogen-bond donors (Lipinski definition) is 0. The number of terminal acetylenes is 1. The Hall–Kier alpha value is -0.970. The number of nitrogens with zero attached hydrogens (tertiary/aromatic N) is 1. The molecule has 0 saturated carbocycles. The molecule has 1 saturated heterocycles. The molecule has 0 aromatic heterocycles. The van der Waals surface area contributed by atoms with Crippen LogP contribution in [0.1, 0.15) is 6.42 Å². The van der Waals surface area contributed by atoms with E-state index in [9.17, 15) is 4.79 Å². The van der Waals surface area contributed by atoms with Crippen molar-refractivity contribution in [3.63, 3.8) is 0 Å². The Morgan fingerprint density at radius 1 is 1.89 bits per heavy atom. The van der Waals surface area contributed by atoms with Gasteiger partial charge in [0.1, 0.15) is 5.92 Å². The zero-order chi connectivity index (χ0) is 6.85. The van der Waals surface area contributed by atoms with Crippen molar-refractivity contribution in [2.24, 2.45) is 5.92 Å². The molecule has 0 N–H and O–H groups in total. The van der Waals surface area contributed by atoms with E-state index in [1.807, 2.05) is 0 Å². The van der Waals surface area contributed by atoms with Crippen molar-refractivity contribution in [1.29, 1.82) is 0 Å². The van der Waals surface area contributed by atoms with E-state index in [1.165, 1.54) is 0 Å². The Labute approximate surface area is 54.8 Å². The van der Waals surface area contributed by atoms with Crippen molar-refractivity contribution in [1.82, 2.24) is 4.90 Å². The smallest absolute Gasteiger partial charge is 0.237 e. The van der Waals surface area contributed by atoms with E-state index < -0.39 is 0 Å². The van der Waals surface area contributed by atoms with E-state index in [-0.39, 0.29) is 11.8 Å². The molecule has 0 aromatic rings. The number of carbonyl (C=O) groups excluding carboxylic acids is 1. The molecule has 1 aliphatic heterocycles. The molecular formula is C7H9NO. The van der Waals surface area contributed by atoms with Crippen LogP contribution in [0.25, 0.3) is 0 Å². The van der Waals surface area contributed by atoms with Crippen LogP contribution in [0.15, 0.2) is 0 Å². The van der Waals surface area contributed by atoms with E-state index in [0.717, 1.165) is 13.0 Å². The minimum absolute atomic E-state index is 0.0949. The van der Waals surface area contributed by atoms with Crippen LogP contribution in [-0.4, -0.2) is 24.4 Å². The van der Waals surface area contributed by atoms with Crippen LogP contribution in [0.3, 0.4) is 0 Å². The molecule has 0 spiro atoms. The monoisotopic (exact) mass is 123 g/mol. The lowest BCUT2D eigenvalue weighted by molar-refractivity contribution is -0.128. The molecule has 9 heavy (non-hydrogen) atoms. The Bertz CT molecular complexity index is 168. The van der Waals surface area contributed by atoms with E-state index in [0.29, 0.717) is 0 Å². The molecule has 1 rings (SSSR count). The van der Waals surface area contributed by atoms with Gasteiger partial charge in [-0.05, 0) is 6.42 Å². The summed E-state index contributed by atoms with van der Waals surface area (Å²) in [6.45, 7) is 0.813. The molecule has 0 aromatic carbocycles. The molecule has 1 atom stereocenters. The molecule has 1 heterocycles. The minimum atomic E-state index is -0.144. The first-order valence-corrected chi connectivity index (χ1v) is 2.97. The number of carbonyl (C=O) groups is 1. The Morgan fingerprint density at radius 2 is 2.56 bits per heavy atom. The average Bonchev–Trinajstić information content (AvgIpc) is 2.15. The maximum atomic E-state index is 10.9. The highest BCUT2D eigenvalue weighted by Gasteiger charge is 2.26. The third-order valence-corrected chi connectivity index (χ3v) is 1.63. The minimum Gasteiger partial charge on any atom is -0.345 e. The van der Waals surface area contributed by atoms with E-state index >= 15 is 0 Å². The van der Waals surface area contributed by atoms with Gasteiger partial charge in [0.15, 0.2) is 0 Å². The fourth-order valence-electron chi connectivity index (χ4n) is 0.977. The number of rotatable bonds is 0. The van der Waals surface area contributed by atoms with Crippen LogP contribution in [0.5, 0.6) is 0 Å². The topological polar surface area (TPSA) is 20.3 Å². The van der Waals surface area contributed by atoms with Crippen LogP contribution < -0.4 is 0 Å². The van der Waals surface area contributed by atoms with Gasteiger partial charge in [0, 0.05) is 13.6 Å². The van der Waals surface area contributed by atoms with Gasteiger partial charge < -0.3 is 4.90 Å². The van der Waals surface area contributed by atoms with Crippen LogP contribution in [-0.2, 0) is 4.79 Å². The number of amides is 1. The van der Waals surface area contributed by atoms with Gasteiger partial charge in [-0.3, -0.25) is 4.79 Å². The molecule has 2 nitrogen and oxygen atoms in total. The fourth-order valence-corrected chi connectivity index (χ4v) is 0.977. The quantitative estimate of drug-likeness (QED) is 0.418. The molecule has 0 unspecified atom stereocenters. The Balaban J connectivity index is 2.65. The summed E-state index contributed by atoms with van der Waals surface area (Å²) in [5.41, 5.74) is 0. The lowest BCUT2D eigenvalue weighted by Gasteiger charge is -2.04. The second kappa shape index (κ2) is 2.10. The molecule has 2 heteroatoms. The van der Waals surface area contributed by atoms with Crippen LogP contribution >= 0.6 is 0 Å². The predicted octanol–water partition coefficient (Wildman–Crippen LogP) is 0.0979. The molecule has 0 bridgehead atoms. The normalized spacial score (nSPS) is 26.4. The summed E-state index contributed by atoms with van der Waals surface area (Å²) in [7, 11) is 1.78. The van der Waals surface area contributed by atoms with Gasteiger partial charge in [-0.25, -0.2) is 0 Å². The highest BCUT2D eigenvalue weighted by atomic mass is 16.2. The van der Waals surface area contributed by atoms with Gasteiger partial charge in [0.25, 0.3) is 0 Å². The first-order chi connectivity index (χ1) is 4.25. The second-order valence-corrected chi connectivity index (χ2v) is 2.27. The summed E-state index contributed by atoms with van der Waals surface area (Å²) in [6, 6.07) is 0.